The van der Waals surface area contributed by atoms with Gasteiger partial charge in [-0.15, -0.1) is 11.3 Å². The fourth-order valence-corrected chi connectivity index (χ4v) is 4.02. The molecule has 3 heterocycles. The van der Waals surface area contributed by atoms with E-state index in [9.17, 15) is 9.59 Å². The summed E-state index contributed by atoms with van der Waals surface area (Å²) in [5.41, 5.74) is 2.19. The largest absolute Gasteiger partial charge is 0.339 e. The van der Waals surface area contributed by atoms with E-state index in [4.69, 9.17) is 11.6 Å². The lowest BCUT2D eigenvalue weighted by Gasteiger charge is -2.34. The zero-order valence-corrected chi connectivity index (χ0v) is 16.7. The molecule has 0 bridgehead atoms. The van der Waals surface area contributed by atoms with Crippen LogP contribution in [0, 0.1) is 0 Å². The molecule has 2 amide bonds. The number of carbonyl (C=O) groups is 2. The molecule has 144 valence electrons. The van der Waals surface area contributed by atoms with E-state index >= 15 is 0 Å². The summed E-state index contributed by atoms with van der Waals surface area (Å²) in [6, 6.07) is 13.0. The van der Waals surface area contributed by atoms with Gasteiger partial charge in [0.05, 0.1) is 17.0 Å². The second-order valence-corrected chi connectivity index (χ2v) is 8.00. The SMILES string of the molecule is O=C(Cc1ccc(Cl)cc1)N1CCN(C(=O)c2cc(-c3cccs3)[nH]n2)CC1. The van der Waals surface area contributed by atoms with Crippen LogP contribution in [0.15, 0.2) is 47.8 Å². The van der Waals surface area contributed by atoms with Crippen LogP contribution in [-0.2, 0) is 11.2 Å². The van der Waals surface area contributed by atoms with Crippen LogP contribution in [0.3, 0.4) is 0 Å². The number of hydrogen-bond donors (Lipinski definition) is 1. The van der Waals surface area contributed by atoms with Gasteiger partial charge in [0.2, 0.25) is 5.91 Å². The molecular formula is C20H19ClN4O2S. The Hall–Kier alpha value is -2.64. The highest BCUT2D eigenvalue weighted by atomic mass is 35.5. The lowest BCUT2D eigenvalue weighted by molar-refractivity contribution is -0.131. The summed E-state index contributed by atoms with van der Waals surface area (Å²) in [7, 11) is 0. The molecular weight excluding hydrogens is 396 g/mol. The maximum Gasteiger partial charge on any atom is 0.274 e. The number of aromatic amines is 1. The quantitative estimate of drug-likeness (QED) is 0.712. The van der Waals surface area contributed by atoms with Crippen molar-refractivity contribution < 1.29 is 9.59 Å². The molecule has 2 aromatic heterocycles. The molecule has 1 N–H and O–H groups in total. The maximum absolute atomic E-state index is 12.7. The summed E-state index contributed by atoms with van der Waals surface area (Å²) in [5.74, 6) is -0.0435. The van der Waals surface area contributed by atoms with Crippen molar-refractivity contribution >= 4 is 34.8 Å². The number of thiophene rings is 1. The fourth-order valence-electron chi connectivity index (χ4n) is 3.20. The van der Waals surface area contributed by atoms with Gasteiger partial charge in [-0.05, 0) is 35.2 Å². The summed E-state index contributed by atoms with van der Waals surface area (Å²) in [6.07, 6.45) is 0.342. The number of halogens is 1. The molecule has 0 spiro atoms. The molecule has 0 aliphatic carbocycles. The number of rotatable bonds is 4. The van der Waals surface area contributed by atoms with Crippen molar-refractivity contribution in [2.24, 2.45) is 0 Å². The Morgan fingerprint density at radius 2 is 1.79 bits per heavy atom. The number of amides is 2. The monoisotopic (exact) mass is 414 g/mol. The van der Waals surface area contributed by atoms with Gasteiger partial charge in [0.25, 0.3) is 5.91 Å². The topological polar surface area (TPSA) is 69.3 Å². The number of nitrogens with zero attached hydrogens (tertiary/aromatic N) is 3. The second kappa shape index (κ2) is 8.16. The highest BCUT2D eigenvalue weighted by molar-refractivity contribution is 7.13. The molecule has 6 nitrogen and oxygen atoms in total. The number of benzene rings is 1. The molecule has 8 heteroatoms. The average molecular weight is 415 g/mol. The van der Waals surface area contributed by atoms with E-state index in [1.807, 2.05) is 29.6 Å². The molecule has 1 aliphatic heterocycles. The predicted molar refractivity (Wildman–Crippen MR) is 110 cm³/mol. The lowest BCUT2D eigenvalue weighted by Crippen LogP contribution is -2.51. The first-order valence-corrected chi connectivity index (χ1v) is 10.3. The van der Waals surface area contributed by atoms with E-state index in [0.29, 0.717) is 43.3 Å². The van der Waals surface area contributed by atoms with E-state index < -0.39 is 0 Å². The smallest absolute Gasteiger partial charge is 0.274 e. The third kappa shape index (κ3) is 4.10. The second-order valence-electron chi connectivity index (χ2n) is 6.62. The first kappa shape index (κ1) is 18.7. The third-order valence-electron chi connectivity index (χ3n) is 4.77. The summed E-state index contributed by atoms with van der Waals surface area (Å²) in [4.78, 5) is 29.8. The Labute approximate surface area is 171 Å². The molecule has 3 aromatic rings. The maximum atomic E-state index is 12.7. The Balaban J connectivity index is 1.33. The van der Waals surface area contributed by atoms with Gasteiger partial charge in [0.1, 0.15) is 0 Å². The minimum atomic E-state index is -0.108. The lowest BCUT2D eigenvalue weighted by atomic mass is 10.1. The molecule has 1 saturated heterocycles. The van der Waals surface area contributed by atoms with Crippen LogP contribution >= 0.6 is 22.9 Å². The van der Waals surface area contributed by atoms with Gasteiger partial charge in [-0.3, -0.25) is 14.7 Å². The molecule has 0 unspecified atom stereocenters. The number of carbonyl (C=O) groups excluding carboxylic acids is 2. The van der Waals surface area contributed by atoms with Crippen LogP contribution < -0.4 is 0 Å². The van der Waals surface area contributed by atoms with Crippen molar-refractivity contribution in [1.29, 1.82) is 0 Å². The summed E-state index contributed by atoms with van der Waals surface area (Å²) in [5, 5.41) is 9.73. The van der Waals surface area contributed by atoms with Gasteiger partial charge in [0, 0.05) is 31.2 Å². The fraction of sp³-hybridized carbons (Fsp3) is 0.250. The van der Waals surface area contributed by atoms with E-state index in [1.165, 1.54) is 0 Å². The Morgan fingerprint density at radius 3 is 2.46 bits per heavy atom. The minimum absolute atomic E-state index is 0.0640. The third-order valence-corrected chi connectivity index (χ3v) is 5.93. The van der Waals surface area contributed by atoms with Crippen molar-refractivity contribution in [1.82, 2.24) is 20.0 Å². The Kier molecular flexibility index (Phi) is 5.45. The molecule has 28 heavy (non-hydrogen) atoms. The number of hydrogen-bond acceptors (Lipinski definition) is 4. The van der Waals surface area contributed by atoms with Crippen LogP contribution in [0.25, 0.3) is 10.6 Å². The zero-order valence-electron chi connectivity index (χ0n) is 15.1. The van der Waals surface area contributed by atoms with Crippen molar-refractivity contribution in [3.05, 3.63) is 64.1 Å². The normalized spacial score (nSPS) is 14.3. The van der Waals surface area contributed by atoms with E-state index in [0.717, 1.165) is 16.1 Å². The Bertz CT molecular complexity index is 961. The van der Waals surface area contributed by atoms with Crippen LogP contribution in [0.5, 0.6) is 0 Å². The van der Waals surface area contributed by atoms with Crippen molar-refractivity contribution in [3.8, 4) is 10.6 Å². The van der Waals surface area contributed by atoms with Crippen molar-refractivity contribution in [3.63, 3.8) is 0 Å². The Morgan fingerprint density at radius 1 is 1.07 bits per heavy atom. The molecule has 0 saturated carbocycles. The highest BCUT2D eigenvalue weighted by Crippen LogP contribution is 2.23. The summed E-state index contributed by atoms with van der Waals surface area (Å²) >= 11 is 7.48. The van der Waals surface area contributed by atoms with Crippen molar-refractivity contribution in [2.75, 3.05) is 26.2 Å². The van der Waals surface area contributed by atoms with Gasteiger partial charge < -0.3 is 9.80 Å². The highest BCUT2D eigenvalue weighted by Gasteiger charge is 2.26. The average Bonchev–Trinajstić information content (AvgIpc) is 3.41. The molecule has 0 radical (unpaired) electrons. The summed E-state index contributed by atoms with van der Waals surface area (Å²) < 4.78 is 0. The molecule has 4 rings (SSSR count). The minimum Gasteiger partial charge on any atom is -0.339 e. The molecule has 0 atom stereocenters. The first-order chi connectivity index (χ1) is 13.6. The number of nitrogens with one attached hydrogen (secondary N) is 1. The van der Waals surface area contributed by atoms with E-state index in [-0.39, 0.29) is 11.8 Å². The van der Waals surface area contributed by atoms with Crippen LogP contribution in [0.1, 0.15) is 16.1 Å². The number of aromatic nitrogens is 2. The first-order valence-electron chi connectivity index (χ1n) is 9.01. The van der Waals surface area contributed by atoms with Crippen LogP contribution in [-0.4, -0.2) is 58.0 Å². The molecule has 1 aliphatic rings. The van der Waals surface area contributed by atoms with Crippen LogP contribution in [0.2, 0.25) is 5.02 Å². The van der Waals surface area contributed by atoms with Gasteiger partial charge in [-0.2, -0.15) is 5.10 Å². The zero-order chi connectivity index (χ0) is 19.5. The predicted octanol–water partition coefficient (Wildman–Crippen LogP) is 3.32. The molecule has 1 fully saturated rings. The van der Waals surface area contributed by atoms with E-state index in [2.05, 4.69) is 10.2 Å². The van der Waals surface area contributed by atoms with Gasteiger partial charge in [0.15, 0.2) is 5.69 Å². The summed E-state index contributed by atoms with van der Waals surface area (Å²) in [6.45, 7) is 2.07. The van der Waals surface area contributed by atoms with Gasteiger partial charge in [-0.25, -0.2) is 0 Å². The number of piperazine rings is 1. The van der Waals surface area contributed by atoms with Gasteiger partial charge in [-0.1, -0.05) is 29.8 Å². The van der Waals surface area contributed by atoms with Crippen LogP contribution in [0.4, 0.5) is 0 Å². The van der Waals surface area contributed by atoms with Crippen molar-refractivity contribution in [2.45, 2.75) is 6.42 Å². The molecule has 1 aromatic carbocycles. The standard InChI is InChI=1S/C20H19ClN4O2S/c21-15-5-3-14(4-6-15)12-19(26)24-7-9-25(10-8-24)20(27)17-13-16(22-23-17)18-2-1-11-28-18/h1-6,11,13H,7-10,12H2,(H,22,23). The number of H-pyrrole nitrogens is 1. The van der Waals surface area contributed by atoms with E-state index in [1.54, 1.807) is 39.3 Å². The van der Waals surface area contributed by atoms with Gasteiger partial charge >= 0.3 is 0 Å².